The molecule has 0 aliphatic rings. The normalized spacial score (nSPS) is 8.77. The molecule has 0 unspecified atom stereocenters. The van der Waals surface area contributed by atoms with E-state index in [1.807, 2.05) is 0 Å². The molecule has 0 aliphatic heterocycles. The summed E-state index contributed by atoms with van der Waals surface area (Å²) >= 11 is 0. The predicted molar refractivity (Wildman–Crippen MR) is 52.0 cm³/mol. The number of benzene rings is 1. The third-order valence-corrected chi connectivity index (χ3v) is 1.46. The predicted octanol–water partition coefficient (Wildman–Crippen LogP) is 2.61. The number of aromatic hydroxyl groups is 3. The van der Waals surface area contributed by atoms with Gasteiger partial charge in [-0.1, -0.05) is 26.7 Å². The molecular weight excluding hydrogens is 168 g/mol. The van der Waals surface area contributed by atoms with Crippen molar-refractivity contribution >= 4 is 0 Å². The number of unbranched alkanes of at least 4 members (excludes halogenated alkanes) is 1. The van der Waals surface area contributed by atoms with Gasteiger partial charge in [0.1, 0.15) is 5.75 Å². The molecule has 0 spiro atoms. The zero-order valence-corrected chi connectivity index (χ0v) is 7.99. The average Bonchev–Trinajstić information content (AvgIpc) is 2.12. The first-order chi connectivity index (χ1) is 6.11. The van der Waals surface area contributed by atoms with Crippen molar-refractivity contribution in [1.82, 2.24) is 0 Å². The molecule has 3 N–H and O–H groups in total. The summed E-state index contributed by atoms with van der Waals surface area (Å²) in [5.74, 6) is -0.604. The lowest BCUT2D eigenvalue weighted by molar-refractivity contribution is 0.396. The molecule has 1 aromatic rings. The maximum atomic E-state index is 8.69. The van der Waals surface area contributed by atoms with Crippen LogP contribution in [0.3, 0.4) is 0 Å². The van der Waals surface area contributed by atoms with Gasteiger partial charge in [-0.15, -0.1) is 0 Å². The van der Waals surface area contributed by atoms with E-state index in [2.05, 4.69) is 13.8 Å². The summed E-state index contributed by atoms with van der Waals surface area (Å²) in [5.41, 5.74) is 0. The number of hydrogen-bond donors (Lipinski definition) is 3. The molecule has 13 heavy (non-hydrogen) atoms. The Kier molecular flexibility index (Phi) is 5.52. The molecule has 0 atom stereocenters. The van der Waals surface area contributed by atoms with Crippen molar-refractivity contribution in [1.29, 1.82) is 0 Å². The lowest BCUT2D eigenvalue weighted by Crippen LogP contribution is -1.66. The van der Waals surface area contributed by atoms with E-state index in [0.717, 1.165) is 6.07 Å². The number of phenolic OH excluding ortho intramolecular Hbond substituents is 3. The van der Waals surface area contributed by atoms with Crippen LogP contribution in [0.5, 0.6) is 17.2 Å². The summed E-state index contributed by atoms with van der Waals surface area (Å²) < 4.78 is 0. The summed E-state index contributed by atoms with van der Waals surface area (Å²) in [6, 6.07) is 3.56. The molecular formula is C10H16O3. The second-order valence-electron chi connectivity index (χ2n) is 2.67. The fourth-order valence-electron chi connectivity index (χ4n) is 0.512. The van der Waals surface area contributed by atoms with Crippen molar-refractivity contribution < 1.29 is 15.3 Å². The largest absolute Gasteiger partial charge is 0.508 e. The van der Waals surface area contributed by atoms with Crippen molar-refractivity contribution in [2.75, 3.05) is 0 Å². The van der Waals surface area contributed by atoms with Gasteiger partial charge >= 0.3 is 0 Å². The van der Waals surface area contributed by atoms with Crippen LogP contribution in [0.25, 0.3) is 0 Å². The Bertz CT molecular complexity index is 244. The van der Waals surface area contributed by atoms with Crippen LogP contribution in [0, 0.1) is 0 Å². The highest BCUT2D eigenvalue weighted by molar-refractivity contribution is 5.42. The molecule has 0 radical (unpaired) electrons. The first kappa shape index (κ1) is 11.6. The maximum Gasteiger partial charge on any atom is 0.161 e. The van der Waals surface area contributed by atoms with Gasteiger partial charge in [0.2, 0.25) is 0 Å². The van der Waals surface area contributed by atoms with Crippen LogP contribution in [0.15, 0.2) is 18.2 Å². The number of hydrogen-bond acceptors (Lipinski definition) is 3. The summed E-state index contributed by atoms with van der Waals surface area (Å²) in [4.78, 5) is 0. The Morgan fingerprint density at radius 2 is 1.46 bits per heavy atom. The maximum absolute atomic E-state index is 8.69. The van der Waals surface area contributed by atoms with Crippen molar-refractivity contribution in [3.8, 4) is 17.2 Å². The highest BCUT2D eigenvalue weighted by atomic mass is 16.3. The summed E-state index contributed by atoms with van der Waals surface area (Å²) in [7, 11) is 0. The van der Waals surface area contributed by atoms with E-state index >= 15 is 0 Å². The average molecular weight is 184 g/mol. The molecule has 1 rings (SSSR count). The Morgan fingerprint density at radius 1 is 0.923 bits per heavy atom. The second kappa shape index (κ2) is 6.17. The van der Waals surface area contributed by atoms with E-state index in [1.54, 1.807) is 0 Å². The summed E-state index contributed by atoms with van der Waals surface area (Å²) in [6.45, 7) is 4.36. The highest BCUT2D eigenvalue weighted by Crippen LogP contribution is 2.27. The zero-order chi connectivity index (χ0) is 10.3. The zero-order valence-electron chi connectivity index (χ0n) is 7.99. The summed E-state index contributed by atoms with van der Waals surface area (Å²) in [6.07, 6.45) is 2.64. The van der Waals surface area contributed by atoms with Crippen molar-refractivity contribution in [2.24, 2.45) is 0 Å². The molecule has 0 fully saturated rings. The Hall–Kier alpha value is -1.38. The van der Waals surface area contributed by atoms with E-state index < -0.39 is 0 Å². The minimum atomic E-state index is -0.310. The van der Waals surface area contributed by atoms with E-state index in [1.165, 1.54) is 25.0 Å². The molecule has 3 nitrogen and oxygen atoms in total. The third-order valence-electron chi connectivity index (χ3n) is 1.46. The Morgan fingerprint density at radius 3 is 1.77 bits per heavy atom. The van der Waals surface area contributed by atoms with Gasteiger partial charge in [0.15, 0.2) is 11.5 Å². The van der Waals surface area contributed by atoms with Crippen LogP contribution in [-0.2, 0) is 0 Å². The van der Waals surface area contributed by atoms with Gasteiger partial charge in [0.05, 0.1) is 0 Å². The van der Waals surface area contributed by atoms with Crippen LogP contribution >= 0.6 is 0 Å². The van der Waals surface area contributed by atoms with Crippen LogP contribution in [0.1, 0.15) is 26.7 Å². The topological polar surface area (TPSA) is 60.7 Å². The van der Waals surface area contributed by atoms with Gasteiger partial charge < -0.3 is 15.3 Å². The van der Waals surface area contributed by atoms with Gasteiger partial charge in [-0.05, 0) is 12.1 Å². The molecule has 0 aromatic heterocycles. The molecule has 0 heterocycles. The number of phenols is 3. The van der Waals surface area contributed by atoms with E-state index in [-0.39, 0.29) is 17.2 Å². The molecule has 0 saturated heterocycles. The second-order valence-corrected chi connectivity index (χ2v) is 2.67. The van der Waals surface area contributed by atoms with E-state index in [0.29, 0.717) is 0 Å². The molecule has 0 saturated carbocycles. The molecule has 0 bridgehead atoms. The Balaban J connectivity index is 0.000000310. The molecule has 1 aromatic carbocycles. The van der Waals surface area contributed by atoms with Gasteiger partial charge in [-0.3, -0.25) is 0 Å². The molecule has 74 valence electrons. The first-order valence-electron chi connectivity index (χ1n) is 4.32. The fraction of sp³-hybridized carbons (Fsp3) is 0.400. The quantitative estimate of drug-likeness (QED) is 0.464. The van der Waals surface area contributed by atoms with Crippen LogP contribution < -0.4 is 0 Å². The van der Waals surface area contributed by atoms with Gasteiger partial charge in [0, 0.05) is 6.07 Å². The van der Waals surface area contributed by atoms with E-state index in [9.17, 15) is 0 Å². The molecule has 0 aliphatic carbocycles. The van der Waals surface area contributed by atoms with E-state index in [4.69, 9.17) is 15.3 Å². The van der Waals surface area contributed by atoms with Gasteiger partial charge in [0.25, 0.3) is 0 Å². The van der Waals surface area contributed by atoms with Crippen LogP contribution in [0.2, 0.25) is 0 Å². The first-order valence-corrected chi connectivity index (χ1v) is 4.32. The Labute approximate surface area is 78.3 Å². The van der Waals surface area contributed by atoms with Gasteiger partial charge in [-0.25, -0.2) is 0 Å². The highest BCUT2D eigenvalue weighted by Gasteiger charge is 1.96. The van der Waals surface area contributed by atoms with Crippen molar-refractivity contribution in [3.05, 3.63) is 18.2 Å². The van der Waals surface area contributed by atoms with Crippen LogP contribution in [0.4, 0.5) is 0 Å². The SMILES string of the molecule is CCCC.Oc1ccc(O)c(O)c1. The van der Waals surface area contributed by atoms with Crippen molar-refractivity contribution in [3.63, 3.8) is 0 Å². The number of rotatable bonds is 1. The standard InChI is InChI=1S/C6H6O3.C4H10/c7-4-1-2-5(8)6(9)3-4;1-3-4-2/h1-3,7-9H;3-4H2,1-2H3. The minimum absolute atomic E-state index is 0.0645. The minimum Gasteiger partial charge on any atom is -0.508 e. The van der Waals surface area contributed by atoms with Gasteiger partial charge in [-0.2, -0.15) is 0 Å². The summed E-state index contributed by atoms with van der Waals surface area (Å²) in [5, 5.41) is 26.0. The lowest BCUT2D eigenvalue weighted by Gasteiger charge is -1.95. The third kappa shape index (κ3) is 4.95. The molecule has 0 amide bonds. The fourth-order valence-corrected chi connectivity index (χ4v) is 0.512. The molecule has 3 heteroatoms. The van der Waals surface area contributed by atoms with Crippen molar-refractivity contribution in [2.45, 2.75) is 26.7 Å². The van der Waals surface area contributed by atoms with Crippen LogP contribution in [-0.4, -0.2) is 15.3 Å². The monoisotopic (exact) mass is 184 g/mol. The smallest absolute Gasteiger partial charge is 0.161 e. The lowest BCUT2D eigenvalue weighted by atomic mass is 10.3.